The molecule has 700 valence electrons. The summed E-state index contributed by atoms with van der Waals surface area (Å²) in [6.07, 6.45) is 3.68. The summed E-state index contributed by atoms with van der Waals surface area (Å²) in [6, 6.07) is 176. The molecular weight excluding hydrogens is 1830 g/mol. The third-order valence-corrected chi connectivity index (χ3v) is 29.2. The van der Waals surface area contributed by atoms with E-state index in [1.807, 2.05) is 122 Å². The lowest BCUT2D eigenvalue weighted by Gasteiger charge is -2.15. The topological polar surface area (TPSA) is 146 Å². The van der Waals surface area contributed by atoms with Gasteiger partial charge < -0.3 is 13.7 Å². The number of para-hydroxylation sites is 14. The zero-order chi connectivity index (χ0) is 98.8. The Kier molecular flexibility index (Phi) is 20.6. The highest BCUT2D eigenvalue weighted by molar-refractivity contribution is 6.27. The first-order valence-electron chi connectivity index (χ1n) is 50.5. The van der Waals surface area contributed by atoms with E-state index in [2.05, 4.69) is 422 Å². The van der Waals surface area contributed by atoms with E-state index < -0.39 is 0 Å². The van der Waals surface area contributed by atoms with Crippen molar-refractivity contribution < 1.29 is 0 Å². The largest absolute Gasteiger partial charge is 0.307 e. The molecule has 0 aliphatic rings. The van der Waals surface area contributed by atoms with E-state index in [0.29, 0.717) is 0 Å². The van der Waals surface area contributed by atoms with E-state index in [1.54, 1.807) is 0 Å². The van der Waals surface area contributed by atoms with Crippen LogP contribution in [0.4, 0.5) is 0 Å². The summed E-state index contributed by atoms with van der Waals surface area (Å²) in [5.74, 6) is 2.46. The van der Waals surface area contributed by atoms with E-state index in [1.165, 1.54) is 86.8 Å². The van der Waals surface area contributed by atoms with Crippen LogP contribution in [-0.2, 0) is 0 Å². The number of fused-ring (bicyclic) bond motifs is 24. The maximum atomic E-state index is 5.48. The maximum absolute atomic E-state index is 5.48. The summed E-state index contributed by atoms with van der Waals surface area (Å²) >= 11 is 0. The fourth-order valence-corrected chi connectivity index (χ4v) is 22.6. The van der Waals surface area contributed by atoms with Gasteiger partial charge in [-0.05, 0) is 173 Å². The number of nitrogens with zero attached hydrogens (tertiary/aromatic N) is 15. The molecule has 0 radical (unpaired) electrons. The van der Waals surface area contributed by atoms with Crippen LogP contribution in [0.3, 0.4) is 0 Å². The lowest BCUT2D eigenvalue weighted by molar-refractivity contribution is 1.07. The van der Waals surface area contributed by atoms with Crippen LogP contribution in [-0.4, -0.2) is 72.3 Å². The van der Waals surface area contributed by atoms with Crippen molar-refractivity contribution >= 4 is 164 Å². The van der Waals surface area contributed by atoms with Crippen molar-refractivity contribution in [2.24, 2.45) is 0 Å². The van der Waals surface area contributed by atoms with Gasteiger partial charge in [0.05, 0.1) is 129 Å². The highest BCUT2D eigenvalue weighted by atomic mass is 15.1. The van der Waals surface area contributed by atoms with Crippen molar-refractivity contribution in [2.75, 3.05) is 0 Å². The first-order chi connectivity index (χ1) is 74.4. The molecule has 0 saturated carbocycles. The molecule has 150 heavy (non-hydrogen) atoms. The monoisotopic (exact) mass is 1920 g/mol. The standard InChI is InChI=1S/C49H31N5.2C43H27N5/c1-3-14-32(15-4-1)33-26-28-35(29-27-33)53-43-23-11-7-18-36(43)38-30-31-39-37-19-8-12-24-44(37)54(49(39)48(38)53)45-25-13-22-42(50-45)47-46(34-16-5-2-6-17-34)51-40-20-9-10-21-41(40)52-47;1-3-13-28(14-4-1)29-25-37(38-27-44-35-19-9-10-20-36(35)45-38)46-41(26-29)48-40-22-12-8-18-32(40)34-24-23-33-31-17-7-11-21-39(31)47(42(33)43(34)48)30-15-5-2-6-16-30;1-3-13-28(14-4-1)30-25-26-40(46-41(30)37-27-44-35-19-9-10-20-36(35)45-37)48-39-22-12-8-18-32(39)34-24-23-33-31-17-7-11-21-38(31)47(42(33)43(34)48)29-15-5-2-6-16-29/h1-31H;2*1-27H. The van der Waals surface area contributed by atoms with Gasteiger partial charge in [-0.15, -0.1) is 0 Å². The Balaban J connectivity index is 0.000000106. The molecule has 0 atom stereocenters. The van der Waals surface area contributed by atoms with Crippen LogP contribution in [0.5, 0.6) is 0 Å². The van der Waals surface area contributed by atoms with Gasteiger partial charge in [0, 0.05) is 92.8 Å². The average Bonchev–Trinajstić information content (AvgIpc) is 1.55. The molecule has 31 aromatic rings. The van der Waals surface area contributed by atoms with Crippen LogP contribution in [0.1, 0.15) is 0 Å². The maximum Gasteiger partial charge on any atom is 0.139 e. The molecule has 19 aromatic carbocycles. The molecule has 0 amide bonds. The molecule has 15 nitrogen and oxygen atoms in total. The smallest absolute Gasteiger partial charge is 0.139 e. The lowest BCUT2D eigenvalue weighted by atomic mass is 10.0. The van der Waals surface area contributed by atoms with E-state index in [9.17, 15) is 0 Å². The second-order valence-corrected chi connectivity index (χ2v) is 37.8. The molecule has 0 fully saturated rings. The summed E-state index contributed by atoms with van der Waals surface area (Å²) in [4.78, 5) is 46.3. The van der Waals surface area contributed by atoms with Crippen molar-refractivity contribution in [3.05, 3.63) is 516 Å². The number of hydrogen-bond acceptors (Lipinski definition) is 9. The fourth-order valence-electron chi connectivity index (χ4n) is 22.6. The molecule has 12 heterocycles. The minimum atomic E-state index is 0.733. The Morgan fingerprint density at radius 3 is 0.880 bits per heavy atom. The molecule has 0 aliphatic carbocycles. The quantitative estimate of drug-likeness (QED) is 0.110. The van der Waals surface area contributed by atoms with Gasteiger partial charge in [-0.1, -0.05) is 358 Å². The van der Waals surface area contributed by atoms with Crippen LogP contribution >= 0.6 is 0 Å². The molecule has 0 spiro atoms. The van der Waals surface area contributed by atoms with Crippen LogP contribution < -0.4 is 0 Å². The zero-order valence-electron chi connectivity index (χ0n) is 80.8. The highest BCUT2D eigenvalue weighted by Gasteiger charge is 2.29. The number of rotatable bonds is 13. The summed E-state index contributed by atoms with van der Waals surface area (Å²) in [6.45, 7) is 0. The van der Waals surface area contributed by atoms with Crippen molar-refractivity contribution in [2.45, 2.75) is 0 Å². The Hall–Kier alpha value is -20.6. The minimum Gasteiger partial charge on any atom is -0.307 e. The van der Waals surface area contributed by atoms with Crippen molar-refractivity contribution in [3.63, 3.8) is 0 Å². The lowest BCUT2D eigenvalue weighted by Crippen LogP contribution is -2.03. The molecule has 0 saturated heterocycles. The molecule has 31 rings (SSSR count). The Morgan fingerprint density at radius 1 is 0.140 bits per heavy atom. The zero-order valence-corrected chi connectivity index (χ0v) is 80.8. The van der Waals surface area contributed by atoms with Gasteiger partial charge in [0.2, 0.25) is 0 Å². The first-order valence-corrected chi connectivity index (χ1v) is 50.5. The van der Waals surface area contributed by atoms with E-state index in [0.717, 1.165) is 190 Å². The molecule has 0 unspecified atom stereocenters. The molecule has 15 heteroatoms. The van der Waals surface area contributed by atoms with Crippen molar-refractivity contribution in [3.8, 4) is 113 Å². The third kappa shape index (κ3) is 14.4. The van der Waals surface area contributed by atoms with Gasteiger partial charge in [0.15, 0.2) is 0 Å². The first kappa shape index (κ1) is 86.2. The van der Waals surface area contributed by atoms with Crippen LogP contribution in [0.2, 0.25) is 0 Å². The summed E-state index contributed by atoms with van der Waals surface area (Å²) < 4.78 is 14.2. The molecule has 12 aromatic heterocycles. The summed E-state index contributed by atoms with van der Waals surface area (Å²) in [5, 5.41) is 14.3. The normalized spacial score (nSPS) is 11.7. The van der Waals surface area contributed by atoms with Crippen LogP contribution in [0.15, 0.2) is 516 Å². The van der Waals surface area contributed by atoms with Crippen LogP contribution in [0.25, 0.3) is 277 Å². The third-order valence-electron chi connectivity index (χ3n) is 29.2. The fraction of sp³-hybridized carbons (Fsp3) is 0. The van der Waals surface area contributed by atoms with Gasteiger partial charge in [-0.3, -0.25) is 23.7 Å². The Morgan fingerprint density at radius 2 is 0.447 bits per heavy atom. The van der Waals surface area contributed by atoms with Crippen molar-refractivity contribution in [1.82, 2.24) is 72.3 Å². The van der Waals surface area contributed by atoms with Gasteiger partial charge in [0.25, 0.3) is 0 Å². The molecular formula is C135H85N15. The molecule has 0 N–H and O–H groups in total. The van der Waals surface area contributed by atoms with Gasteiger partial charge in [0.1, 0.15) is 40.2 Å². The Labute approximate surface area is 859 Å². The number of benzene rings is 19. The van der Waals surface area contributed by atoms with E-state index in [-0.39, 0.29) is 0 Å². The number of hydrogen-bond donors (Lipinski definition) is 0. The van der Waals surface area contributed by atoms with Gasteiger partial charge >= 0.3 is 0 Å². The molecule has 0 aliphatic heterocycles. The summed E-state index contributed by atoms with van der Waals surface area (Å²) in [7, 11) is 0. The van der Waals surface area contributed by atoms with E-state index >= 15 is 0 Å². The number of pyridine rings is 3. The SMILES string of the molecule is c1ccc(-c2cc(-c3cnc4ccccc4n3)nc(-n3c4ccccc4c4ccc5c6ccccc6n(-c6ccccc6)c5c43)c2)cc1.c1ccc(-c2ccc(-n3c4ccccc4c4ccc5c6ccccc6n(-c6cccc(-c7nc8ccccc8nc7-c7ccccc7)n6)c5c43)cc2)cc1.c1ccc(-c2ccc(-n3c4ccccc4c4ccc5c6ccccc6n(-c6ccccc6)c5c43)nc2-c2cnc3ccccc3n2)cc1. The Bertz CT molecular complexity index is 10800. The number of aromatic nitrogens is 15. The van der Waals surface area contributed by atoms with Gasteiger partial charge in [-0.2, -0.15) is 0 Å². The van der Waals surface area contributed by atoms with Crippen molar-refractivity contribution in [1.29, 1.82) is 0 Å². The van der Waals surface area contributed by atoms with E-state index in [4.69, 9.17) is 44.9 Å². The average molecular weight is 1920 g/mol. The predicted molar refractivity (Wildman–Crippen MR) is 616 cm³/mol. The second-order valence-electron chi connectivity index (χ2n) is 37.8. The van der Waals surface area contributed by atoms with Gasteiger partial charge in [-0.25, -0.2) is 34.9 Å². The predicted octanol–water partition coefficient (Wildman–Crippen LogP) is 33.3. The summed E-state index contributed by atoms with van der Waals surface area (Å²) in [5.41, 5.74) is 35.0. The highest BCUT2D eigenvalue weighted by Crippen LogP contribution is 2.49. The second kappa shape index (κ2) is 35.8. The minimum absolute atomic E-state index is 0.733. The molecule has 0 bridgehead atoms. The van der Waals surface area contributed by atoms with Crippen LogP contribution in [0, 0.1) is 0 Å².